The molecule has 0 heterocycles. The minimum Gasteiger partial charge on any atom is -0.495 e. The SMILES string of the molecule is COc1cccc(CC(=O)c2ccc3ccccc3c2)c1C#N. The minimum atomic E-state index is -0.0134. The van der Waals surface area contributed by atoms with E-state index in [-0.39, 0.29) is 12.2 Å². The van der Waals surface area contributed by atoms with Gasteiger partial charge in [0.25, 0.3) is 0 Å². The lowest BCUT2D eigenvalue weighted by Gasteiger charge is -2.08. The lowest BCUT2D eigenvalue weighted by molar-refractivity contribution is 0.0993. The van der Waals surface area contributed by atoms with Crippen LogP contribution in [-0.2, 0) is 6.42 Å². The van der Waals surface area contributed by atoms with E-state index in [4.69, 9.17) is 4.74 Å². The third-order valence-corrected chi connectivity index (χ3v) is 3.87. The highest BCUT2D eigenvalue weighted by atomic mass is 16.5. The zero-order chi connectivity index (χ0) is 16.2. The Morgan fingerprint density at radius 1 is 1.04 bits per heavy atom. The van der Waals surface area contributed by atoms with Crippen LogP contribution in [0.15, 0.2) is 60.7 Å². The third kappa shape index (κ3) is 2.93. The van der Waals surface area contributed by atoms with Gasteiger partial charge in [-0.3, -0.25) is 4.79 Å². The van der Waals surface area contributed by atoms with Crippen molar-refractivity contribution in [2.45, 2.75) is 6.42 Å². The molecule has 3 heteroatoms. The molecule has 0 amide bonds. The summed E-state index contributed by atoms with van der Waals surface area (Å²) >= 11 is 0. The monoisotopic (exact) mass is 301 g/mol. The molecule has 0 bridgehead atoms. The standard InChI is InChI=1S/C20H15NO2/c1-23-20-8-4-7-16(18(20)13-21)12-19(22)17-10-9-14-5-2-3-6-15(14)11-17/h2-11H,12H2,1H3. The fraction of sp³-hybridized carbons (Fsp3) is 0.100. The van der Waals surface area contributed by atoms with Gasteiger partial charge < -0.3 is 4.74 Å². The second-order valence-electron chi connectivity index (χ2n) is 5.27. The van der Waals surface area contributed by atoms with Crippen molar-refractivity contribution in [3.05, 3.63) is 77.4 Å². The lowest BCUT2D eigenvalue weighted by Crippen LogP contribution is -2.06. The van der Waals surface area contributed by atoms with Gasteiger partial charge in [-0.05, 0) is 28.5 Å². The highest BCUT2D eigenvalue weighted by Crippen LogP contribution is 2.23. The summed E-state index contributed by atoms with van der Waals surface area (Å²) in [4.78, 5) is 12.6. The molecule has 0 radical (unpaired) electrons. The summed E-state index contributed by atoms with van der Waals surface area (Å²) in [5.74, 6) is 0.483. The van der Waals surface area contributed by atoms with Gasteiger partial charge in [0.1, 0.15) is 11.8 Å². The van der Waals surface area contributed by atoms with E-state index in [0.29, 0.717) is 22.4 Å². The fourth-order valence-electron chi connectivity index (χ4n) is 2.66. The molecule has 0 N–H and O–H groups in total. The summed E-state index contributed by atoms with van der Waals surface area (Å²) in [6.07, 6.45) is 0.179. The number of benzene rings is 3. The van der Waals surface area contributed by atoms with Crippen LogP contribution in [0.25, 0.3) is 10.8 Å². The molecule has 0 aromatic heterocycles. The zero-order valence-corrected chi connectivity index (χ0v) is 12.7. The van der Waals surface area contributed by atoms with Crippen molar-refractivity contribution in [3.8, 4) is 11.8 Å². The van der Waals surface area contributed by atoms with Gasteiger partial charge in [0, 0.05) is 12.0 Å². The second kappa shape index (κ2) is 6.33. The van der Waals surface area contributed by atoms with Crippen molar-refractivity contribution < 1.29 is 9.53 Å². The van der Waals surface area contributed by atoms with Crippen LogP contribution in [0.3, 0.4) is 0 Å². The molecule has 0 aliphatic heterocycles. The topological polar surface area (TPSA) is 50.1 Å². The quantitative estimate of drug-likeness (QED) is 0.680. The molecule has 23 heavy (non-hydrogen) atoms. The number of fused-ring (bicyclic) bond motifs is 1. The Morgan fingerprint density at radius 3 is 2.57 bits per heavy atom. The number of nitriles is 1. The van der Waals surface area contributed by atoms with E-state index in [2.05, 4.69) is 6.07 Å². The van der Waals surface area contributed by atoms with Gasteiger partial charge >= 0.3 is 0 Å². The molecule has 0 atom stereocenters. The number of nitrogens with zero attached hydrogens (tertiary/aromatic N) is 1. The Bertz CT molecular complexity index is 922. The Kier molecular flexibility index (Phi) is 4.07. The first kappa shape index (κ1) is 14.8. The van der Waals surface area contributed by atoms with E-state index in [0.717, 1.165) is 10.8 Å². The minimum absolute atomic E-state index is 0.0134. The van der Waals surface area contributed by atoms with Gasteiger partial charge in [0.15, 0.2) is 5.78 Å². The average molecular weight is 301 g/mol. The fourth-order valence-corrected chi connectivity index (χ4v) is 2.66. The Labute approximate surface area is 134 Å². The van der Waals surface area contributed by atoms with Crippen LogP contribution in [-0.4, -0.2) is 12.9 Å². The zero-order valence-electron chi connectivity index (χ0n) is 12.7. The number of carbonyl (C=O) groups excluding carboxylic acids is 1. The van der Waals surface area contributed by atoms with Crippen LogP contribution >= 0.6 is 0 Å². The van der Waals surface area contributed by atoms with E-state index in [1.165, 1.54) is 7.11 Å². The van der Waals surface area contributed by atoms with Gasteiger partial charge in [-0.25, -0.2) is 0 Å². The van der Waals surface area contributed by atoms with E-state index >= 15 is 0 Å². The van der Waals surface area contributed by atoms with Crippen molar-refractivity contribution in [2.75, 3.05) is 7.11 Å². The highest BCUT2D eigenvalue weighted by molar-refractivity contribution is 6.01. The third-order valence-electron chi connectivity index (χ3n) is 3.87. The molecule has 112 valence electrons. The van der Waals surface area contributed by atoms with E-state index in [1.54, 1.807) is 18.2 Å². The molecule has 3 rings (SSSR count). The molecule has 0 aliphatic rings. The average Bonchev–Trinajstić information content (AvgIpc) is 2.60. The predicted octanol–water partition coefficient (Wildman–Crippen LogP) is 4.15. The summed E-state index contributed by atoms with van der Waals surface area (Å²) < 4.78 is 5.19. The van der Waals surface area contributed by atoms with E-state index in [9.17, 15) is 10.1 Å². The molecule has 3 nitrogen and oxygen atoms in total. The van der Waals surface area contributed by atoms with Gasteiger partial charge in [-0.1, -0.05) is 48.5 Å². The summed E-state index contributed by atoms with van der Waals surface area (Å²) in [5.41, 5.74) is 1.75. The van der Waals surface area contributed by atoms with Gasteiger partial charge in [0.05, 0.1) is 12.7 Å². The second-order valence-corrected chi connectivity index (χ2v) is 5.27. The number of hydrogen-bond donors (Lipinski definition) is 0. The van der Waals surface area contributed by atoms with Crippen molar-refractivity contribution >= 4 is 16.6 Å². The first-order chi connectivity index (χ1) is 11.2. The van der Waals surface area contributed by atoms with Crippen LogP contribution in [0.4, 0.5) is 0 Å². The molecule has 3 aromatic rings. The smallest absolute Gasteiger partial charge is 0.167 e. The maximum Gasteiger partial charge on any atom is 0.167 e. The highest BCUT2D eigenvalue weighted by Gasteiger charge is 2.13. The molecule has 3 aromatic carbocycles. The molecule has 0 spiro atoms. The van der Waals surface area contributed by atoms with Crippen molar-refractivity contribution in [2.24, 2.45) is 0 Å². The molecule has 0 unspecified atom stereocenters. The van der Waals surface area contributed by atoms with Crippen LogP contribution in [0.2, 0.25) is 0 Å². The molecule has 0 saturated heterocycles. The number of ether oxygens (including phenoxy) is 1. The Hall–Kier alpha value is -3.12. The molecular weight excluding hydrogens is 286 g/mol. The summed E-state index contributed by atoms with van der Waals surface area (Å²) in [6.45, 7) is 0. The van der Waals surface area contributed by atoms with Crippen LogP contribution < -0.4 is 4.74 Å². The number of rotatable bonds is 4. The maximum absolute atomic E-state index is 12.6. The van der Waals surface area contributed by atoms with Crippen molar-refractivity contribution in [1.29, 1.82) is 5.26 Å². The summed E-state index contributed by atoms with van der Waals surface area (Å²) in [5, 5.41) is 11.4. The first-order valence-corrected chi connectivity index (χ1v) is 7.31. The summed E-state index contributed by atoms with van der Waals surface area (Å²) in [7, 11) is 1.52. The molecule has 0 fully saturated rings. The van der Waals surface area contributed by atoms with Crippen molar-refractivity contribution in [3.63, 3.8) is 0 Å². The van der Waals surface area contributed by atoms with E-state index < -0.39 is 0 Å². The lowest BCUT2D eigenvalue weighted by atomic mass is 9.97. The number of methoxy groups -OCH3 is 1. The number of hydrogen-bond acceptors (Lipinski definition) is 3. The molecular formula is C20H15NO2. The number of Topliss-reactive ketones (excluding diaryl/α,β-unsaturated/α-hetero) is 1. The Balaban J connectivity index is 1.93. The van der Waals surface area contributed by atoms with Crippen LogP contribution in [0.5, 0.6) is 5.75 Å². The number of ketones is 1. The predicted molar refractivity (Wildman–Crippen MR) is 89.7 cm³/mol. The van der Waals surface area contributed by atoms with E-state index in [1.807, 2.05) is 42.5 Å². The van der Waals surface area contributed by atoms with Gasteiger partial charge in [-0.2, -0.15) is 5.26 Å². The number of carbonyl (C=O) groups is 1. The Morgan fingerprint density at radius 2 is 1.83 bits per heavy atom. The van der Waals surface area contributed by atoms with Crippen LogP contribution in [0, 0.1) is 11.3 Å². The molecule has 0 saturated carbocycles. The van der Waals surface area contributed by atoms with Gasteiger partial charge in [0.2, 0.25) is 0 Å². The summed E-state index contributed by atoms with van der Waals surface area (Å²) in [6, 6.07) is 21.0. The maximum atomic E-state index is 12.6. The largest absolute Gasteiger partial charge is 0.495 e. The normalized spacial score (nSPS) is 10.3. The van der Waals surface area contributed by atoms with Crippen LogP contribution in [0.1, 0.15) is 21.5 Å². The van der Waals surface area contributed by atoms with Gasteiger partial charge in [-0.15, -0.1) is 0 Å². The first-order valence-electron chi connectivity index (χ1n) is 7.31. The molecule has 0 aliphatic carbocycles. The van der Waals surface area contributed by atoms with Crippen molar-refractivity contribution in [1.82, 2.24) is 0 Å².